The molecule has 1 rings (SSSR count). The molecule has 21 heavy (non-hydrogen) atoms. The lowest BCUT2D eigenvalue weighted by molar-refractivity contribution is -0.142. The van der Waals surface area contributed by atoms with Crippen molar-refractivity contribution in [1.29, 1.82) is 0 Å². The van der Waals surface area contributed by atoms with E-state index < -0.39 is 18.0 Å². The maximum Gasteiger partial charge on any atom is 0.328 e. The van der Waals surface area contributed by atoms with Gasteiger partial charge < -0.3 is 24.8 Å². The first kappa shape index (κ1) is 16.6. The molecule has 0 aliphatic carbocycles. The first-order valence-electron chi connectivity index (χ1n) is 6.35. The summed E-state index contributed by atoms with van der Waals surface area (Å²) in [5.41, 5.74) is 0.791. The summed E-state index contributed by atoms with van der Waals surface area (Å²) in [4.78, 5) is 22.9. The number of ether oxygens (including phenoxy) is 3. The number of benzene rings is 1. The first-order valence-corrected chi connectivity index (χ1v) is 6.35. The van der Waals surface area contributed by atoms with Gasteiger partial charge in [-0.15, -0.1) is 0 Å². The molecular formula is C14H20N2O5. The van der Waals surface area contributed by atoms with Crippen molar-refractivity contribution >= 4 is 12.0 Å². The van der Waals surface area contributed by atoms with E-state index in [-0.39, 0.29) is 6.54 Å². The standard InChI is InChI=1S/C14H20N2O5/c1-9(13(17)21-4)16-14(18)15-8-10-5-6-11(19-2)7-12(10)20-3/h5-7,9H,8H2,1-4H3,(H2,15,16,18)/t9-/m0/s1. The van der Waals surface area contributed by atoms with Gasteiger partial charge in [0.2, 0.25) is 0 Å². The van der Waals surface area contributed by atoms with Crippen LogP contribution in [0.5, 0.6) is 11.5 Å². The zero-order valence-electron chi connectivity index (χ0n) is 12.6. The van der Waals surface area contributed by atoms with Crippen molar-refractivity contribution in [3.63, 3.8) is 0 Å². The van der Waals surface area contributed by atoms with Gasteiger partial charge in [0.25, 0.3) is 0 Å². The second kappa shape index (κ2) is 7.98. The second-order valence-electron chi connectivity index (χ2n) is 4.25. The lowest BCUT2D eigenvalue weighted by atomic mass is 10.2. The van der Waals surface area contributed by atoms with Crippen LogP contribution < -0.4 is 20.1 Å². The van der Waals surface area contributed by atoms with Crippen LogP contribution in [0.2, 0.25) is 0 Å². The molecule has 116 valence electrons. The molecule has 1 aromatic carbocycles. The molecule has 2 amide bonds. The Kier molecular flexibility index (Phi) is 6.32. The molecule has 0 aliphatic rings. The Morgan fingerprint density at radius 3 is 2.48 bits per heavy atom. The smallest absolute Gasteiger partial charge is 0.328 e. The van der Waals surface area contributed by atoms with Gasteiger partial charge in [0, 0.05) is 18.2 Å². The molecule has 7 nitrogen and oxygen atoms in total. The minimum absolute atomic E-state index is 0.257. The van der Waals surface area contributed by atoms with Gasteiger partial charge in [-0.3, -0.25) is 0 Å². The summed E-state index contributed by atoms with van der Waals surface area (Å²) in [5, 5.41) is 5.11. The summed E-state index contributed by atoms with van der Waals surface area (Å²) in [5.74, 6) is 0.766. The fraction of sp³-hybridized carbons (Fsp3) is 0.429. The summed E-state index contributed by atoms with van der Waals surface area (Å²) in [6.45, 7) is 1.80. The summed E-state index contributed by atoms with van der Waals surface area (Å²) in [7, 11) is 4.37. The number of methoxy groups -OCH3 is 3. The zero-order valence-corrected chi connectivity index (χ0v) is 12.6. The van der Waals surface area contributed by atoms with Crippen LogP contribution in [0.25, 0.3) is 0 Å². The average Bonchev–Trinajstić information content (AvgIpc) is 2.51. The van der Waals surface area contributed by atoms with E-state index in [1.165, 1.54) is 14.2 Å². The highest BCUT2D eigenvalue weighted by Gasteiger charge is 2.15. The highest BCUT2D eigenvalue weighted by atomic mass is 16.5. The lowest BCUT2D eigenvalue weighted by Gasteiger charge is -2.14. The molecule has 0 heterocycles. The Balaban J connectivity index is 2.58. The summed E-state index contributed by atoms with van der Waals surface area (Å²) in [6, 6.07) is 4.11. The van der Waals surface area contributed by atoms with Crippen molar-refractivity contribution < 1.29 is 23.8 Å². The first-order chi connectivity index (χ1) is 10.0. The van der Waals surface area contributed by atoms with E-state index >= 15 is 0 Å². The zero-order chi connectivity index (χ0) is 15.8. The number of carbonyl (C=O) groups excluding carboxylic acids is 2. The van der Waals surface area contributed by atoms with Crippen LogP contribution in [0.3, 0.4) is 0 Å². The van der Waals surface area contributed by atoms with E-state index in [0.29, 0.717) is 11.5 Å². The van der Waals surface area contributed by atoms with Crippen LogP contribution in [0.1, 0.15) is 12.5 Å². The van der Waals surface area contributed by atoms with Gasteiger partial charge in [-0.25, -0.2) is 9.59 Å². The topological polar surface area (TPSA) is 85.9 Å². The predicted octanol–water partition coefficient (Wildman–Crippen LogP) is 1.06. The minimum atomic E-state index is -0.715. The number of esters is 1. The van der Waals surface area contributed by atoms with E-state index in [0.717, 1.165) is 5.56 Å². The predicted molar refractivity (Wildman–Crippen MR) is 76.4 cm³/mol. The van der Waals surface area contributed by atoms with Crippen LogP contribution in [0, 0.1) is 0 Å². The molecule has 0 saturated carbocycles. The Bertz CT molecular complexity index is 504. The fourth-order valence-corrected chi connectivity index (χ4v) is 1.66. The molecule has 0 aliphatic heterocycles. The van der Waals surface area contributed by atoms with Crippen molar-refractivity contribution in [1.82, 2.24) is 10.6 Å². The van der Waals surface area contributed by atoms with Gasteiger partial charge in [-0.1, -0.05) is 0 Å². The van der Waals surface area contributed by atoms with Gasteiger partial charge >= 0.3 is 12.0 Å². The third-order valence-electron chi connectivity index (χ3n) is 2.84. The summed E-state index contributed by atoms with van der Waals surface area (Å²) < 4.78 is 14.9. The maximum atomic E-state index is 11.7. The molecule has 0 bridgehead atoms. The molecule has 1 atom stereocenters. The summed E-state index contributed by atoms with van der Waals surface area (Å²) in [6.07, 6.45) is 0. The van der Waals surface area contributed by atoms with Crippen molar-refractivity contribution in [3.8, 4) is 11.5 Å². The number of hydrogen-bond donors (Lipinski definition) is 2. The van der Waals surface area contributed by atoms with Gasteiger partial charge in [0.05, 0.1) is 21.3 Å². The third-order valence-corrected chi connectivity index (χ3v) is 2.84. The van der Waals surface area contributed by atoms with Gasteiger partial charge in [-0.05, 0) is 19.1 Å². The average molecular weight is 296 g/mol. The number of urea groups is 1. The molecule has 0 unspecified atom stereocenters. The number of carbonyl (C=O) groups is 2. The highest BCUT2D eigenvalue weighted by Crippen LogP contribution is 2.24. The van der Waals surface area contributed by atoms with E-state index in [4.69, 9.17) is 9.47 Å². The van der Waals surface area contributed by atoms with Crippen LogP contribution in [-0.2, 0) is 16.1 Å². The molecule has 7 heteroatoms. The summed E-state index contributed by atoms with van der Waals surface area (Å²) >= 11 is 0. The van der Waals surface area contributed by atoms with Crippen LogP contribution in [0.4, 0.5) is 4.79 Å². The van der Waals surface area contributed by atoms with Gasteiger partial charge in [-0.2, -0.15) is 0 Å². The second-order valence-corrected chi connectivity index (χ2v) is 4.25. The monoisotopic (exact) mass is 296 g/mol. The quantitative estimate of drug-likeness (QED) is 0.767. The van der Waals surface area contributed by atoms with Gasteiger partial charge in [0.1, 0.15) is 17.5 Å². The van der Waals surface area contributed by atoms with Crippen molar-refractivity contribution in [2.45, 2.75) is 19.5 Å². The molecule has 0 fully saturated rings. The molecular weight excluding hydrogens is 276 g/mol. The largest absolute Gasteiger partial charge is 0.497 e. The molecule has 1 aromatic rings. The number of nitrogens with one attached hydrogen (secondary N) is 2. The van der Waals surface area contributed by atoms with Gasteiger partial charge in [0.15, 0.2) is 0 Å². The normalized spacial score (nSPS) is 11.2. The SMILES string of the molecule is COC(=O)[C@H](C)NC(=O)NCc1ccc(OC)cc1OC. The van der Waals surface area contributed by atoms with Crippen molar-refractivity contribution in [2.24, 2.45) is 0 Å². The Labute approximate surface area is 123 Å². The molecule has 2 N–H and O–H groups in total. The van der Waals surface area contributed by atoms with Crippen molar-refractivity contribution in [3.05, 3.63) is 23.8 Å². The highest BCUT2D eigenvalue weighted by molar-refractivity contribution is 5.83. The van der Waals surface area contributed by atoms with Crippen LogP contribution >= 0.6 is 0 Å². The Morgan fingerprint density at radius 1 is 1.19 bits per heavy atom. The third kappa shape index (κ3) is 4.87. The van der Waals surface area contributed by atoms with E-state index in [1.54, 1.807) is 32.2 Å². The minimum Gasteiger partial charge on any atom is -0.497 e. The van der Waals surface area contributed by atoms with Crippen LogP contribution in [-0.4, -0.2) is 39.4 Å². The molecule has 0 saturated heterocycles. The fourth-order valence-electron chi connectivity index (χ4n) is 1.66. The number of hydrogen-bond acceptors (Lipinski definition) is 5. The molecule has 0 spiro atoms. The molecule has 0 aromatic heterocycles. The van der Waals surface area contributed by atoms with Crippen molar-refractivity contribution in [2.75, 3.05) is 21.3 Å². The number of amides is 2. The lowest BCUT2D eigenvalue weighted by Crippen LogP contribution is -2.44. The molecule has 0 radical (unpaired) electrons. The van der Waals surface area contributed by atoms with E-state index in [2.05, 4.69) is 15.4 Å². The van der Waals surface area contributed by atoms with E-state index in [1.807, 2.05) is 0 Å². The van der Waals surface area contributed by atoms with Crippen LogP contribution in [0.15, 0.2) is 18.2 Å². The maximum absolute atomic E-state index is 11.7. The Hall–Kier alpha value is -2.44. The van der Waals surface area contributed by atoms with E-state index in [9.17, 15) is 9.59 Å². The number of rotatable bonds is 6. The Morgan fingerprint density at radius 2 is 1.90 bits per heavy atom.